The van der Waals surface area contributed by atoms with Crippen LogP contribution in [0.25, 0.3) is 0 Å². The van der Waals surface area contributed by atoms with Crippen LogP contribution in [0.15, 0.2) is 10.7 Å². The van der Waals surface area contributed by atoms with E-state index in [1.807, 2.05) is 6.92 Å². The summed E-state index contributed by atoms with van der Waals surface area (Å²) >= 11 is 1.23. The first kappa shape index (κ1) is 14.7. The average Bonchev–Trinajstić information content (AvgIpc) is 3.01. The van der Waals surface area contributed by atoms with Crippen molar-refractivity contribution >= 4 is 17.3 Å². The minimum atomic E-state index is -0.918. The van der Waals surface area contributed by atoms with Crippen molar-refractivity contribution in [2.45, 2.75) is 46.0 Å². The molecule has 0 saturated carbocycles. The monoisotopic (exact) mass is 294 g/mol. The lowest BCUT2D eigenvalue weighted by Gasteiger charge is -2.00. The van der Waals surface area contributed by atoms with Crippen molar-refractivity contribution in [1.29, 1.82) is 0 Å². The molecule has 6 heteroatoms. The number of carbonyl (C=O) groups is 1. The molecule has 1 N–H and O–H groups in total. The van der Waals surface area contributed by atoms with Crippen molar-refractivity contribution in [2.24, 2.45) is 0 Å². The SMILES string of the molecule is CCCCc1noc(C)c1CCc1ncc(C(=O)O)s1. The average molecular weight is 294 g/mol. The van der Waals surface area contributed by atoms with Gasteiger partial charge in [0, 0.05) is 12.0 Å². The van der Waals surface area contributed by atoms with Crippen LogP contribution in [-0.4, -0.2) is 21.2 Å². The van der Waals surface area contributed by atoms with Crippen LogP contribution < -0.4 is 0 Å². The van der Waals surface area contributed by atoms with Gasteiger partial charge < -0.3 is 9.63 Å². The Balaban J connectivity index is 2.02. The molecule has 108 valence electrons. The quantitative estimate of drug-likeness (QED) is 0.848. The number of carboxylic acid groups (broad SMARTS) is 1. The molecule has 0 bridgehead atoms. The third-order valence-corrected chi connectivity index (χ3v) is 4.23. The van der Waals surface area contributed by atoms with E-state index in [2.05, 4.69) is 17.1 Å². The maximum absolute atomic E-state index is 10.8. The summed E-state index contributed by atoms with van der Waals surface area (Å²) in [4.78, 5) is 15.2. The Hall–Kier alpha value is -1.69. The number of hydrogen-bond acceptors (Lipinski definition) is 5. The Bertz CT molecular complexity index is 589. The standard InChI is InChI=1S/C14H18N2O3S/c1-3-4-5-11-10(9(2)19-16-11)6-7-13-15-8-12(20-13)14(17)18/h8H,3-7H2,1-2H3,(H,17,18). The Morgan fingerprint density at radius 2 is 2.20 bits per heavy atom. The minimum Gasteiger partial charge on any atom is -0.477 e. The topological polar surface area (TPSA) is 76.2 Å². The molecule has 0 spiro atoms. The van der Waals surface area contributed by atoms with E-state index in [1.165, 1.54) is 17.5 Å². The van der Waals surface area contributed by atoms with E-state index in [4.69, 9.17) is 9.63 Å². The van der Waals surface area contributed by atoms with Crippen molar-refractivity contribution in [3.8, 4) is 0 Å². The van der Waals surface area contributed by atoms with Crippen LogP contribution in [0.2, 0.25) is 0 Å². The van der Waals surface area contributed by atoms with Gasteiger partial charge in [0.2, 0.25) is 0 Å². The largest absolute Gasteiger partial charge is 0.477 e. The molecular weight excluding hydrogens is 276 g/mol. The van der Waals surface area contributed by atoms with Crippen LogP contribution in [0.5, 0.6) is 0 Å². The Labute approximate surface area is 121 Å². The zero-order valence-electron chi connectivity index (χ0n) is 11.7. The second kappa shape index (κ2) is 6.65. The molecule has 2 aromatic rings. The number of carboxylic acids is 1. The highest BCUT2D eigenvalue weighted by Crippen LogP contribution is 2.20. The van der Waals surface area contributed by atoms with Crippen LogP contribution >= 0.6 is 11.3 Å². The highest BCUT2D eigenvalue weighted by molar-refractivity contribution is 7.13. The molecule has 0 aliphatic rings. The van der Waals surface area contributed by atoms with Crippen LogP contribution in [0.3, 0.4) is 0 Å². The minimum absolute atomic E-state index is 0.285. The van der Waals surface area contributed by atoms with Crippen LogP contribution in [0, 0.1) is 6.92 Å². The normalized spacial score (nSPS) is 10.9. The second-order valence-corrected chi connectivity index (χ2v) is 5.81. The smallest absolute Gasteiger partial charge is 0.347 e. The molecule has 0 aliphatic heterocycles. The number of aromatic nitrogens is 2. The maximum atomic E-state index is 10.8. The summed E-state index contributed by atoms with van der Waals surface area (Å²) in [6.07, 6.45) is 6.08. The Morgan fingerprint density at radius 3 is 2.85 bits per heavy atom. The molecule has 0 atom stereocenters. The first-order chi connectivity index (χ1) is 9.61. The summed E-state index contributed by atoms with van der Waals surface area (Å²) < 4.78 is 5.26. The second-order valence-electron chi connectivity index (χ2n) is 4.69. The number of hydrogen-bond donors (Lipinski definition) is 1. The van der Waals surface area contributed by atoms with Crippen molar-refractivity contribution in [1.82, 2.24) is 10.1 Å². The zero-order chi connectivity index (χ0) is 14.5. The fraction of sp³-hybridized carbons (Fsp3) is 0.500. The summed E-state index contributed by atoms with van der Waals surface area (Å²) in [7, 11) is 0. The van der Waals surface area contributed by atoms with Crippen LogP contribution in [-0.2, 0) is 19.3 Å². The lowest BCUT2D eigenvalue weighted by atomic mass is 10.0. The molecule has 0 aliphatic carbocycles. The zero-order valence-corrected chi connectivity index (χ0v) is 12.5. The van der Waals surface area contributed by atoms with Gasteiger partial charge in [-0.1, -0.05) is 18.5 Å². The van der Waals surface area contributed by atoms with E-state index in [1.54, 1.807) is 0 Å². The summed E-state index contributed by atoms with van der Waals surface area (Å²) in [6.45, 7) is 4.07. The van der Waals surface area contributed by atoms with Gasteiger partial charge in [-0.3, -0.25) is 0 Å². The van der Waals surface area contributed by atoms with E-state index in [0.29, 0.717) is 0 Å². The summed E-state index contributed by atoms with van der Waals surface area (Å²) in [6, 6.07) is 0. The van der Waals surface area contributed by atoms with Crippen LogP contribution in [0.1, 0.15) is 51.5 Å². The predicted molar refractivity (Wildman–Crippen MR) is 76.3 cm³/mol. The van der Waals surface area contributed by atoms with E-state index in [0.717, 1.165) is 54.1 Å². The highest BCUT2D eigenvalue weighted by Gasteiger charge is 2.14. The number of unbranched alkanes of at least 4 members (excludes halogenated alkanes) is 1. The number of aryl methyl sites for hydroxylation is 3. The molecule has 0 unspecified atom stereocenters. The van der Waals surface area contributed by atoms with Crippen LogP contribution in [0.4, 0.5) is 0 Å². The molecule has 5 nitrogen and oxygen atoms in total. The van der Waals surface area contributed by atoms with E-state index >= 15 is 0 Å². The molecule has 2 heterocycles. The molecule has 2 rings (SSSR count). The highest BCUT2D eigenvalue weighted by atomic mass is 32.1. The lowest BCUT2D eigenvalue weighted by Crippen LogP contribution is -1.97. The summed E-state index contributed by atoms with van der Waals surface area (Å²) in [5.41, 5.74) is 2.17. The molecule has 0 aromatic carbocycles. The van der Waals surface area contributed by atoms with Crippen molar-refractivity contribution in [3.63, 3.8) is 0 Å². The molecule has 0 saturated heterocycles. The van der Waals surface area contributed by atoms with Crippen molar-refractivity contribution in [3.05, 3.63) is 33.1 Å². The summed E-state index contributed by atoms with van der Waals surface area (Å²) in [5.74, 6) is -0.0651. The third-order valence-electron chi connectivity index (χ3n) is 3.19. The fourth-order valence-electron chi connectivity index (χ4n) is 2.05. The molecular formula is C14H18N2O3S. The van der Waals surface area contributed by atoms with E-state index < -0.39 is 5.97 Å². The third kappa shape index (κ3) is 3.45. The Morgan fingerprint density at radius 1 is 1.40 bits per heavy atom. The molecule has 0 fully saturated rings. The predicted octanol–water partition coefficient (Wildman–Crippen LogP) is 3.27. The van der Waals surface area contributed by atoms with Gasteiger partial charge in [-0.25, -0.2) is 9.78 Å². The maximum Gasteiger partial charge on any atom is 0.347 e. The molecule has 2 aromatic heterocycles. The van der Waals surface area contributed by atoms with Gasteiger partial charge in [0.1, 0.15) is 10.6 Å². The van der Waals surface area contributed by atoms with Gasteiger partial charge in [0.05, 0.1) is 16.9 Å². The molecule has 20 heavy (non-hydrogen) atoms. The van der Waals surface area contributed by atoms with Gasteiger partial charge in [-0.15, -0.1) is 11.3 Å². The van der Waals surface area contributed by atoms with Gasteiger partial charge in [0.15, 0.2) is 0 Å². The lowest BCUT2D eigenvalue weighted by molar-refractivity contribution is 0.0702. The van der Waals surface area contributed by atoms with E-state index in [9.17, 15) is 4.79 Å². The number of thiazole rings is 1. The molecule has 0 radical (unpaired) electrons. The summed E-state index contributed by atoms with van der Waals surface area (Å²) in [5, 5.41) is 13.8. The van der Waals surface area contributed by atoms with Gasteiger partial charge in [-0.2, -0.15) is 0 Å². The first-order valence-electron chi connectivity index (χ1n) is 6.73. The van der Waals surface area contributed by atoms with Crippen molar-refractivity contribution < 1.29 is 14.4 Å². The van der Waals surface area contributed by atoms with Gasteiger partial charge in [-0.05, 0) is 26.2 Å². The Kier molecular flexibility index (Phi) is 4.89. The number of aromatic carboxylic acids is 1. The van der Waals surface area contributed by atoms with Crippen molar-refractivity contribution in [2.75, 3.05) is 0 Å². The number of nitrogens with zero attached hydrogens (tertiary/aromatic N) is 2. The number of rotatable bonds is 7. The van der Waals surface area contributed by atoms with Gasteiger partial charge in [0.25, 0.3) is 0 Å². The fourth-order valence-corrected chi connectivity index (χ4v) is 2.81. The van der Waals surface area contributed by atoms with Gasteiger partial charge >= 0.3 is 5.97 Å². The first-order valence-corrected chi connectivity index (χ1v) is 7.55. The molecule has 0 amide bonds. The van der Waals surface area contributed by atoms with E-state index in [-0.39, 0.29) is 4.88 Å².